The van der Waals surface area contributed by atoms with E-state index < -0.39 is 0 Å². The molecule has 2 atom stereocenters. The molecule has 1 N–H and O–H groups in total. The van der Waals surface area contributed by atoms with Gasteiger partial charge in [-0.25, -0.2) is 0 Å². The van der Waals surface area contributed by atoms with Gasteiger partial charge in [-0.05, 0) is 47.3 Å². The van der Waals surface area contributed by atoms with E-state index in [0.717, 1.165) is 22.3 Å². The van der Waals surface area contributed by atoms with Crippen LogP contribution in [0.25, 0.3) is 0 Å². The van der Waals surface area contributed by atoms with E-state index in [9.17, 15) is 4.79 Å². The average Bonchev–Trinajstić information content (AvgIpc) is 2.76. The summed E-state index contributed by atoms with van der Waals surface area (Å²) in [6.07, 6.45) is 1.57. The zero-order valence-electron chi connectivity index (χ0n) is 8.63. The molecule has 0 amide bonds. The molecule has 1 aliphatic rings. The molecule has 1 saturated heterocycles. The van der Waals surface area contributed by atoms with E-state index in [-0.39, 0.29) is 5.92 Å². The van der Waals surface area contributed by atoms with Crippen LogP contribution >= 0.6 is 27.3 Å². The summed E-state index contributed by atoms with van der Waals surface area (Å²) in [5.41, 5.74) is 0. The summed E-state index contributed by atoms with van der Waals surface area (Å²) in [6, 6.07) is 2.35. The van der Waals surface area contributed by atoms with Crippen molar-refractivity contribution in [1.29, 1.82) is 0 Å². The van der Waals surface area contributed by atoms with Gasteiger partial charge in [-0.1, -0.05) is 0 Å². The van der Waals surface area contributed by atoms with Crippen molar-refractivity contribution in [3.8, 4) is 0 Å². The van der Waals surface area contributed by atoms with Crippen LogP contribution in [0, 0.1) is 5.92 Å². The van der Waals surface area contributed by atoms with Crippen LogP contribution < -0.4 is 5.32 Å². The number of hydrogen-bond donors (Lipinski definition) is 1. The van der Waals surface area contributed by atoms with Crippen molar-refractivity contribution in [3.63, 3.8) is 0 Å². The van der Waals surface area contributed by atoms with Crippen molar-refractivity contribution >= 4 is 33.0 Å². The Balaban J connectivity index is 2.01. The average molecular weight is 288 g/mol. The fraction of sp³-hybridized carbons (Fsp3) is 0.545. The summed E-state index contributed by atoms with van der Waals surface area (Å²) in [5, 5.41) is 5.33. The van der Waals surface area contributed by atoms with Gasteiger partial charge in [0.15, 0.2) is 0 Å². The Hall–Kier alpha value is -0.190. The lowest BCUT2D eigenvalue weighted by Crippen LogP contribution is -2.29. The number of halogens is 1. The summed E-state index contributed by atoms with van der Waals surface area (Å²) in [5.74, 6) is 0.578. The van der Waals surface area contributed by atoms with Crippen LogP contribution in [-0.4, -0.2) is 18.4 Å². The quantitative estimate of drug-likeness (QED) is 0.926. The monoisotopic (exact) mass is 287 g/mol. The van der Waals surface area contributed by atoms with Crippen LogP contribution in [0.1, 0.15) is 18.2 Å². The van der Waals surface area contributed by atoms with Gasteiger partial charge in [0.2, 0.25) is 0 Å². The number of carbonyl (C=O) groups excluding carboxylic acids is 1. The molecule has 0 aliphatic carbocycles. The SMILES string of the molecule is CC1NCCC1C(=O)Cc1sccc1Br. The van der Waals surface area contributed by atoms with Gasteiger partial charge in [-0.3, -0.25) is 4.79 Å². The number of rotatable bonds is 3. The zero-order chi connectivity index (χ0) is 10.8. The lowest BCUT2D eigenvalue weighted by Gasteiger charge is -2.12. The molecular weight excluding hydrogens is 274 g/mol. The largest absolute Gasteiger partial charge is 0.314 e. The first kappa shape index (κ1) is 11.3. The Kier molecular flexibility index (Phi) is 3.59. The molecule has 0 saturated carbocycles. The van der Waals surface area contributed by atoms with E-state index in [2.05, 4.69) is 28.2 Å². The van der Waals surface area contributed by atoms with Crippen LogP contribution in [0.2, 0.25) is 0 Å². The van der Waals surface area contributed by atoms with Crippen LogP contribution in [0.3, 0.4) is 0 Å². The van der Waals surface area contributed by atoms with Gasteiger partial charge >= 0.3 is 0 Å². The van der Waals surface area contributed by atoms with Gasteiger partial charge in [0.25, 0.3) is 0 Å². The number of carbonyl (C=O) groups is 1. The minimum atomic E-state index is 0.207. The Labute approximate surface area is 102 Å². The zero-order valence-corrected chi connectivity index (χ0v) is 11.0. The van der Waals surface area contributed by atoms with Gasteiger partial charge in [-0.15, -0.1) is 11.3 Å². The van der Waals surface area contributed by atoms with Crippen molar-refractivity contribution in [2.45, 2.75) is 25.8 Å². The third kappa shape index (κ3) is 2.49. The maximum Gasteiger partial charge on any atom is 0.142 e. The fourth-order valence-electron chi connectivity index (χ4n) is 2.04. The van der Waals surface area contributed by atoms with Crippen molar-refractivity contribution in [2.75, 3.05) is 6.54 Å². The van der Waals surface area contributed by atoms with Crippen molar-refractivity contribution < 1.29 is 4.79 Å². The number of nitrogens with one attached hydrogen (secondary N) is 1. The Morgan fingerprint density at radius 2 is 2.53 bits per heavy atom. The van der Waals surface area contributed by atoms with Crippen molar-refractivity contribution in [1.82, 2.24) is 5.32 Å². The first-order valence-electron chi connectivity index (χ1n) is 5.16. The molecule has 82 valence electrons. The minimum absolute atomic E-state index is 0.207. The van der Waals surface area contributed by atoms with E-state index in [1.165, 1.54) is 0 Å². The van der Waals surface area contributed by atoms with Crippen LogP contribution in [0.15, 0.2) is 15.9 Å². The molecule has 2 nitrogen and oxygen atoms in total. The molecule has 2 unspecified atom stereocenters. The number of Topliss-reactive ketones (excluding diaryl/α,β-unsaturated/α-hetero) is 1. The molecular formula is C11H14BrNOS. The van der Waals surface area contributed by atoms with Crippen LogP contribution in [0.5, 0.6) is 0 Å². The smallest absolute Gasteiger partial charge is 0.142 e. The summed E-state index contributed by atoms with van der Waals surface area (Å²) >= 11 is 5.11. The van der Waals surface area contributed by atoms with Gasteiger partial charge in [0, 0.05) is 27.7 Å². The Morgan fingerprint density at radius 3 is 3.07 bits per heavy atom. The summed E-state index contributed by atoms with van der Waals surface area (Å²) in [7, 11) is 0. The van der Waals surface area contributed by atoms with Crippen molar-refractivity contribution in [3.05, 3.63) is 20.8 Å². The number of thiophene rings is 1. The summed E-state index contributed by atoms with van der Waals surface area (Å²) in [6.45, 7) is 3.07. The highest BCUT2D eigenvalue weighted by molar-refractivity contribution is 9.10. The van der Waals surface area contributed by atoms with E-state index in [1.54, 1.807) is 11.3 Å². The fourth-order valence-corrected chi connectivity index (χ4v) is 3.54. The second-order valence-corrected chi connectivity index (χ2v) is 5.83. The van der Waals surface area contributed by atoms with E-state index >= 15 is 0 Å². The molecule has 1 aromatic heterocycles. The Bertz CT molecular complexity index is 363. The predicted molar refractivity (Wildman–Crippen MR) is 66.3 cm³/mol. The number of hydrogen-bond acceptors (Lipinski definition) is 3. The third-order valence-corrected chi connectivity index (χ3v) is 4.89. The van der Waals surface area contributed by atoms with Gasteiger partial charge in [-0.2, -0.15) is 0 Å². The predicted octanol–water partition coefficient (Wildman–Crippen LogP) is 2.62. The lowest BCUT2D eigenvalue weighted by molar-refractivity contribution is -0.122. The molecule has 0 bridgehead atoms. The maximum absolute atomic E-state index is 12.0. The van der Waals surface area contributed by atoms with E-state index in [0.29, 0.717) is 18.2 Å². The topological polar surface area (TPSA) is 29.1 Å². The maximum atomic E-state index is 12.0. The highest BCUT2D eigenvalue weighted by atomic mass is 79.9. The second-order valence-electron chi connectivity index (χ2n) is 3.97. The molecule has 2 heterocycles. The summed E-state index contributed by atoms with van der Waals surface area (Å²) in [4.78, 5) is 13.2. The Morgan fingerprint density at radius 1 is 1.73 bits per heavy atom. The van der Waals surface area contributed by atoms with E-state index in [1.807, 2.05) is 11.4 Å². The van der Waals surface area contributed by atoms with Crippen LogP contribution in [-0.2, 0) is 11.2 Å². The molecule has 1 aliphatic heterocycles. The minimum Gasteiger partial charge on any atom is -0.314 e. The molecule has 1 aromatic rings. The van der Waals surface area contributed by atoms with Gasteiger partial charge in [0.1, 0.15) is 5.78 Å². The number of ketones is 1. The summed E-state index contributed by atoms with van der Waals surface area (Å²) < 4.78 is 1.07. The molecule has 1 fully saturated rings. The molecule has 15 heavy (non-hydrogen) atoms. The highest BCUT2D eigenvalue weighted by Crippen LogP contribution is 2.26. The lowest BCUT2D eigenvalue weighted by atomic mass is 9.94. The first-order valence-corrected chi connectivity index (χ1v) is 6.83. The first-order chi connectivity index (χ1) is 7.18. The molecule has 0 radical (unpaired) electrons. The molecule has 0 spiro atoms. The van der Waals surface area contributed by atoms with Crippen molar-refractivity contribution in [2.24, 2.45) is 5.92 Å². The van der Waals surface area contributed by atoms with Gasteiger partial charge in [0.05, 0.1) is 0 Å². The van der Waals surface area contributed by atoms with E-state index in [4.69, 9.17) is 0 Å². The molecule has 0 aromatic carbocycles. The standard InChI is InChI=1S/C11H14BrNOS/c1-7-8(2-4-13-7)10(14)6-11-9(12)3-5-15-11/h3,5,7-8,13H,2,4,6H2,1H3. The normalized spacial score (nSPS) is 25.7. The molecule has 2 rings (SSSR count). The van der Waals surface area contributed by atoms with Gasteiger partial charge < -0.3 is 5.32 Å². The van der Waals surface area contributed by atoms with Crippen LogP contribution in [0.4, 0.5) is 0 Å². The third-order valence-electron chi connectivity index (χ3n) is 2.96. The second kappa shape index (κ2) is 4.76. The molecule has 4 heteroatoms. The highest BCUT2D eigenvalue weighted by Gasteiger charge is 2.29.